The van der Waals surface area contributed by atoms with E-state index < -0.39 is 15.3 Å². The average Bonchev–Trinajstić information content (AvgIpc) is 3.31. The van der Waals surface area contributed by atoms with Gasteiger partial charge in [-0.05, 0) is 58.1 Å². The Hall–Kier alpha value is -1.89. The topological polar surface area (TPSA) is 83.6 Å². The summed E-state index contributed by atoms with van der Waals surface area (Å²) in [6, 6.07) is 3.69. The monoisotopic (exact) mass is 392 g/mol. The van der Waals surface area contributed by atoms with Gasteiger partial charge in [0.1, 0.15) is 5.41 Å². The number of hydrogen-bond acceptors (Lipinski definition) is 4. The molecule has 0 radical (unpaired) electrons. The quantitative estimate of drug-likeness (QED) is 0.780. The van der Waals surface area contributed by atoms with Crippen molar-refractivity contribution >= 4 is 27.3 Å². The Morgan fingerprint density at radius 1 is 1.19 bits per heavy atom. The molecule has 2 fully saturated rings. The molecule has 1 unspecified atom stereocenters. The molecular formula is C20H28N2O4S. The SMILES string of the molecule is CCN(C(=O)C1(C(=O)Nc2c(C)cc(C)cc2C)CC1)C1CCS(=O)(=O)C1. The molecule has 1 aliphatic carbocycles. The summed E-state index contributed by atoms with van der Waals surface area (Å²) in [6.45, 7) is 8.14. The Labute approximate surface area is 161 Å². The Kier molecular flexibility index (Phi) is 5.10. The molecule has 6 nitrogen and oxygen atoms in total. The summed E-state index contributed by atoms with van der Waals surface area (Å²) in [4.78, 5) is 27.8. The number of carbonyl (C=O) groups excluding carboxylic acids is 2. The number of amides is 2. The largest absolute Gasteiger partial charge is 0.338 e. The van der Waals surface area contributed by atoms with Gasteiger partial charge >= 0.3 is 0 Å². The van der Waals surface area contributed by atoms with E-state index in [9.17, 15) is 18.0 Å². The van der Waals surface area contributed by atoms with Crippen molar-refractivity contribution in [2.45, 2.75) is 53.0 Å². The fourth-order valence-electron chi connectivity index (χ4n) is 4.14. The van der Waals surface area contributed by atoms with E-state index in [1.807, 2.05) is 39.8 Å². The van der Waals surface area contributed by atoms with Crippen molar-refractivity contribution in [3.05, 3.63) is 28.8 Å². The Bertz CT molecular complexity index is 864. The maximum atomic E-state index is 13.2. The molecule has 1 saturated heterocycles. The summed E-state index contributed by atoms with van der Waals surface area (Å²) in [7, 11) is -3.09. The Morgan fingerprint density at radius 2 is 1.78 bits per heavy atom. The molecule has 1 heterocycles. The van der Waals surface area contributed by atoms with Crippen LogP contribution in [0.25, 0.3) is 0 Å². The molecule has 1 aromatic carbocycles. The van der Waals surface area contributed by atoms with Crippen molar-refractivity contribution in [1.82, 2.24) is 4.90 Å². The van der Waals surface area contributed by atoms with Gasteiger partial charge in [-0.2, -0.15) is 0 Å². The molecule has 3 rings (SSSR count). The van der Waals surface area contributed by atoms with Crippen molar-refractivity contribution in [1.29, 1.82) is 0 Å². The van der Waals surface area contributed by atoms with Gasteiger partial charge in [0, 0.05) is 18.3 Å². The van der Waals surface area contributed by atoms with E-state index >= 15 is 0 Å². The molecule has 148 valence electrons. The van der Waals surface area contributed by atoms with Gasteiger partial charge in [0.05, 0.1) is 11.5 Å². The predicted molar refractivity (Wildman–Crippen MR) is 105 cm³/mol. The molecule has 2 amide bonds. The lowest BCUT2D eigenvalue weighted by atomic mass is 10.00. The number of sulfone groups is 1. The van der Waals surface area contributed by atoms with E-state index in [4.69, 9.17) is 0 Å². The number of anilines is 1. The summed E-state index contributed by atoms with van der Waals surface area (Å²) in [5, 5.41) is 2.97. The molecule has 1 aromatic rings. The first-order valence-corrected chi connectivity index (χ1v) is 11.3. The number of carbonyl (C=O) groups is 2. The maximum absolute atomic E-state index is 13.2. The zero-order valence-electron chi connectivity index (χ0n) is 16.5. The van der Waals surface area contributed by atoms with Crippen LogP contribution < -0.4 is 5.32 Å². The summed E-state index contributed by atoms with van der Waals surface area (Å²) < 4.78 is 23.6. The predicted octanol–water partition coefficient (Wildman–Crippen LogP) is 2.37. The molecule has 7 heteroatoms. The number of rotatable bonds is 5. The zero-order valence-corrected chi connectivity index (χ0v) is 17.3. The molecule has 1 saturated carbocycles. The zero-order chi connectivity index (χ0) is 20.0. The highest BCUT2D eigenvalue weighted by Crippen LogP contribution is 2.49. The van der Waals surface area contributed by atoms with Gasteiger partial charge in [0.15, 0.2) is 9.84 Å². The summed E-state index contributed by atoms with van der Waals surface area (Å²) in [5.41, 5.74) is 2.78. The van der Waals surface area contributed by atoms with E-state index in [-0.39, 0.29) is 29.4 Å². The van der Waals surface area contributed by atoms with Crippen LogP contribution in [-0.4, -0.2) is 49.2 Å². The van der Waals surface area contributed by atoms with E-state index in [1.165, 1.54) is 0 Å². The van der Waals surface area contributed by atoms with Crippen molar-refractivity contribution in [2.24, 2.45) is 5.41 Å². The number of aryl methyl sites for hydroxylation is 3. The second kappa shape index (κ2) is 6.93. The Balaban J connectivity index is 1.79. The lowest BCUT2D eigenvalue weighted by molar-refractivity contribution is -0.143. The first-order valence-electron chi connectivity index (χ1n) is 9.50. The summed E-state index contributed by atoms with van der Waals surface area (Å²) in [5.74, 6) is -0.392. The fourth-order valence-corrected chi connectivity index (χ4v) is 5.87. The lowest BCUT2D eigenvalue weighted by Gasteiger charge is -2.30. The van der Waals surface area contributed by atoms with Crippen LogP contribution in [0, 0.1) is 26.2 Å². The maximum Gasteiger partial charge on any atom is 0.240 e. The third-order valence-electron chi connectivity index (χ3n) is 5.76. The van der Waals surface area contributed by atoms with Gasteiger partial charge in [-0.3, -0.25) is 9.59 Å². The first-order chi connectivity index (χ1) is 12.6. The molecule has 1 atom stereocenters. The van der Waals surface area contributed by atoms with Crippen LogP contribution in [0.2, 0.25) is 0 Å². The van der Waals surface area contributed by atoms with Crippen LogP contribution in [0.15, 0.2) is 12.1 Å². The number of nitrogens with zero attached hydrogens (tertiary/aromatic N) is 1. The van der Waals surface area contributed by atoms with Gasteiger partial charge in [0.25, 0.3) is 0 Å². The summed E-state index contributed by atoms with van der Waals surface area (Å²) in [6.07, 6.45) is 1.48. The number of benzene rings is 1. The van der Waals surface area contributed by atoms with Crippen molar-refractivity contribution in [3.8, 4) is 0 Å². The number of hydrogen-bond donors (Lipinski definition) is 1. The second-order valence-corrected chi connectivity index (χ2v) is 10.2. The molecule has 1 aliphatic heterocycles. The normalized spacial score (nSPS) is 22.3. The van der Waals surface area contributed by atoms with E-state index in [1.54, 1.807) is 4.90 Å². The van der Waals surface area contributed by atoms with Crippen LogP contribution in [0.5, 0.6) is 0 Å². The van der Waals surface area contributed by atoms with Crippen LogP contribution in [0.4, 0.5) is 5.69 Å². The Morgan fingerprint density at radius 3 is 2.22 bits per heavy atom. The van der Waals surface area contributed by atoms with Gasteiger partial charge in [-0.15, -0.1) is 0 Å². The van der Waals surface area contributed by atoms with Gasteiger partial charge in [0.2, 0.25) is 11.8 Å². The molecule has 2 aliphatic rings. The highest BCUT2D eigenvalue weighted by Gasteiger charge is 2.59. The fraction of sp³-hybridized carbons (Fsp3) is 0.600. The molecule has 0 bridgehead atoms. The molecular weight excluding hydrogens is 364 g/mol. The highest BCUT2D eigenvalue weighted by atomic mass is 32.2. The van der Waals surface area contributed by atoms with Gasteiger partial charge in [-0.25, -0.2) is 8.42 Å². The third-order valence-corrected chi connectivity index (χ3v) is 7.51. The molecule has 0 aromatic heterocycles. The second-order valence-electron chi connectivity index (χ2n) is 7.96. The van der Waals surface area contributed by atoms with Gasteiger partial charge < -0.3 is 10.2 Å². The average molecular weight is 393 g/mol. The van der Waals surface area contributed by atoms with Crippen molar-refractivity contribution < 1.29 is 18.0 Å². The highest BCUT2D eigenvalue weighted by molar-refractivity contribution is 7.91. The standard InChI is InChI=1S/C20H28N2O4S/c1-5-22(16-6-9-27(25,26)12-16)19(24)20(7-8-20)18(23)21-17-14(3)10-13(2)11-15(17)4/h10-11,16H,5-9,12H2,1-4H3,(H,21,23). The third kappa shape index (κ3) is 3.74. The van der Waals surface area contributed by atoms with E-state index in [0.29, 0.717) is 25.8 Å². The van der Waals surface area contributed by atoms with E-state index in [2.05, 4.69) is 5.32 Å². The molecule has 27 heavy (non-hydrogen) atoms. The van der Waals surface area contributed by atoms with Crippen LogP contribution in [0.1, 0.15) is 42.9 Å². The minimum Gasteiger partial charge on any atom is -0.338 e. The summed E-state index contributed by atoms with van der Waals surface area (Å²) >= 11 is 0. The van der Waals surface area contributed by atoms with Crippen LogP contribution in [0.3, 0.4) is 0 Å². The molecule has 0 spiro atoms. The minimum atomic E-state index is -3.09. The minimum absolute atomic E-state index is 0.000454. The van der Waals surface area contributed by atoms with Gasteiger partial charge in [-0.1, -0.05) is 17.7 Å². The van der Waals surface area contributed by atoms with Crippen LogP contribution >= 0.6 is 0 Å². The first kappa shape index (κ1) is 19.9. The van der Waals surface area contributed by atoms with Crippen molar-refractivity contribution in [2.75, 3.05) is 23.4 Å². The lowest BCUT2D eigenvalue weighted by Crippen LogP contribution is -2.48. The van der Waals surface area contributed by atoms with E-state index in [0.717, 1.165) is 22.4 Å². The van der Waals surface area contributed by atoms with Crippen molar-refractivity contribution in [3.63, 3.8) is 0 Å². The van der Waals surface area contributed by atoms with Crippen LogP contribution in [-0.2, 0) is 19.4 Å². The molecule has 1 N–H and O–H groups in total. The smallest absolute Gasteiger partial charge is 0.240 e. The number of nitrogens with one attached hydrogen (secondary N) is 1.